The zero-order chi connectivity index (χ0) is 29.9. The van der Waals surface area contributed by atoms with Crippen molar-refractivity contribution in [2.45, 2.75) is 32.0 Å². The third-order valence-electron chi connectivity index (χ3n) is 7.50. The highest BCUT2D eigenvalue weighted by atomic mass is 35.5. The third-order valence-corrected chi connectivity index (χ3v) is 8.06. The first-order valence-corrected chi connectivity index (χ1v) is 14.6. The van der Waals surface area contributed by atoms with Crippen molar-refractivity contribution in [3.05, 3.63) is 104 Å². The molecule has 0 bridgehead atoms. The SMILES string of the molecule is O=C(CN(CC1CCCO1)C(=O)c1ccccc1Cl)N(Cc1ccc2c(c1)OCO2)Cc1coc2ccc(Cl)cc2c1=O. The lowest BCUT2D eigenvalue weighted by Crippen LogP contribution is -2.45. The molecule has 6 rings (SSSR count). The molecule has 0 saturated carbocycles. The Bertz CT molecular complexity index is 1730. The van der Waals surface area contributed by atoms with Crippen LogP contribution in [0, 0.1) is 0 Å². The van der Waals surface area contributed by atoms with Crippen molar-refractivity contribution in [3.8, 4) is 11.5 Å². The van der Waals surface area contributed by atoms with Gasteiger partial charge < -0.3 is 28.4 Å². The first-order chi connectivity index (χ1) is 20.9. The van der Waals surface area contributed by atoms with Gasteiger partial charge in [-0.1, -0.05) is 41.4 Å². The minimum atomic E-state index is -0.377. The largest absolute Gasteiger partial charge is 0.464 e. The van der Waals surface area contributed by atoms with Crippen LogP contribution in [0.4, 0.5) is 0 Å². The average molecular weight is 623 g/mol. The van der Waals surface area contributed by atoms with Crippen LogP contribution in [0.25, 0.3) is 11.0 Å². The smallest absolute Gasteiger partial charge is 0.255 e. The van der Waals surface area contributed by atoms with E-state index in [0.29, 0.717) is 44.7 Å². The first kappa shape index (κ1) is 29.0. The van der Waals surface area contributed by atoms with E-state index in [4.69, 9.17) is 41.8 Å². The van der Waals surface area contributed by atoms with E-state index in [1.165, 1.54) is 16.1 Å². The summed E-state index contributed by atoms with van der Waals surface area (Å²) in [6, 6.07) is 16.9. The summed E-state index contributed by atoms with van der Waals surface area (Å²) in [5, 5.41) is 1.00. The van der Waals surface area contributed by atoms with E-state index in [1.807, 2.05) is 6.07 Å². The molecular formula is C32H28Cl2N2O7. The Morgan fingerprint density at radius 3 is 2.58 bits per heavy atom. The second-order valence-electron chi connectivity index (χ2n) is 10.5. The van der Waals surface area contributed by atoms with Crippen molar-refractivity contribution in [1.29, 1.82) is 0 Å². The molecule has 2 aliphatic heterocycles. The molecule has 1 unspecified atom stereocenters. The molecule has 0 radical (unpaired) electrons. The molecule has 222 valence electrons. The van der Waals surface area contributed by atoms with E-state index >= 15 is 0 Å². The summed E-state index contributed by atoms with van der Waals surface area (Å²) >= 11 is 12.5. The van der Waals surface area contributed by atoms with E-state index in [9.17, 15) is 14.4 Å². The molecule has 4 aromatic rings. The fraction of sp³-hybridized carbons (Fsp3) is 0.281. The van der Waals surface area contributed by atoms with Gasteiger partial charge in [-0.05, 0) is 60.9 Å². The minimum Gasteiger partial charge on any atom is -0.464 e. The molecule has 1 atom stereocenters. The number of amides is 2. The molecule has 11 heteroatoms. The van der Waals surface area contributed by atoms with Crippen molar-refractivity contribution in [2.75, 3.05) is 26.5 Å². The number of rotatable bonds is 9. The molecule has 2 aliphatic rings. The standard InChI is InChI=1S/C32H28Cl2N2O7/c33-22-8-10-27-25(13-22)31(38)21(18-41-27)15-35(14-20-7-9-28-29(12-20)43-19-42-28)30(37)17-36(16-23-4-3-11-40-23)32(39)24-5-1-2-6-26(24)34/h1-2,5-10,12-13,18,23H,3-4,11,14-17,19H2. The number of ether oxygens (including phenoxy) is 3. The van der Waals surface area contributed by atoms with Gasteiger partial charge in [0.1, 0.15) is 12.1 Å². The maximum absolute atomic E-state index is 14.1. The number of halogens is 2. The zero-order valence-corrected chi connectivity index (χ0v) is 24.6. The number of benzene rings is 3. The summed E-state index contributed by atoms with van der Waals surface area (Å²) in [7, 11) is 0. The first-order valence-electron chi connectivity index (χ1n) is 13.9. The van der Waals surface area contributed by atoms with Crippen molar-refractivity contribution in [3.63, 3.8) is 0 Å². The highest BCUT2D eigenvalue weighted by Gasteiger charge is 2.29. The van der Waals surface area contributed by atoms with Gasteiger partial charge in [0, 0.05) is 24.7 Å². The summed E-state index contributed by atoms with van der Waals surface area (Å²) in [5.41, 5.74) is 1.42. The molecular weight excluding hydrogens is 595 g/mol. The molecule has 1 saturated heterocycles. The fourth-order valence-corrected chi connectivity index (χ4v) is 5.66. The van der Waals surface area contributed by atoms with E-state index in [2.05, 4.69) is 0 Å². The number of hydrogen-bond donors (Lipinski definition) is 0. The highest BCUT2D eigenvalue weighted by molar-refractivity contribution is 6.33. The number of carbonyl (C=O) groups is 2. The van der Waals surface area contributed by atoms with Crippen LogP contribution < -0.4 is 14.9 Å². The molecule has 0 aliphatic carbocycles. The van der Waals surface area contributed by atoms with E-state index in [-0.39, 0.29) is 61.9 Å². The Morgan fingerprint density at radius 1 is 0.930 bits per heavy atom. The topological polar surface area (TPSA) is 98.5 Å². The molecule has 2 amide bonds. The number of nitrogens with zero attached hydrogens (tertiary/aromatic N) is 2. The predicted molar refractivity (Wildman–Crippen MR) is 161 cm³/mol. The van der Waals surface area contributed by atoms with Crippen LogP contribution in [0.5, 0.6) is 11.5 Å². The van der Waals surface area contributed by atoms with Gasteiger partial charge in [0.05, 0.1) is 40.4 Å². The Balaban J connectivity index is 1.32. The van der Waals surface area contributed by atoms with Gasteiger partial charge >= 0.3 is 0 Å². The molecule has 0 N–H and O–H groups in total. The molecule has 3 aromatic carbocycles. The van der Waals surface area contributed by atoms with Gasteiger partial charge in [0.15, 0.2) is 16.9 Å². The van der Waals surface area contributed by atoms with Crippen LogP contribution in [0.1, 0.15) is 34.3 Å². The summed E-state index contributed by atoms with van der Waals surface area (Å²) in [6.07, 6.45) is 2.82. The van der Waals surface area contributed by atoms with Crippen LogP contribution in [-0.2, 0) is 22.6 Å². The second kappa shape index (κ2) is 12.7. The normalized spacial score (nSPS) is 15.5. The number of hydrogen-bond acceptors (Lipinski definition) is 7. The zero-order valence-electron chi connectivity index (χ0n) is 23.1. The summed E-state index contributed by atoms with van der Waals surface area (Å²) in [4.78, 5) is 44.2. The Kier molecular flexibility index (Phi) is 8.56. The van der Waals surface area contributed by atoms with Gasteiger partial charge in [-0.3, -0.25) is 14.4 Å². The number of carbonyl (C=O) groups excluding carboxylic acids is 2. The van der Waals surface area contributed by atoms with Gasteiger partial charge in [0.2, 0.25) is 12.7 Å². The molecule has 9 nitrogen and oxygen atoms in total. The average Bonchev–Trinajstić information content (AvgIpc) is 3.70. The van der Waals surface area contributed by atoms with E-state index < -0.39 is 0 Å². The van der Waals surface area contributed by atoms with Gasteiger partial charge in [-0.15, -0.1) is 0 Å². The molecule has 43 heavy (non-hydrogen) atoms. The van der Waals surface area contributed by atoms with Gasteiger partial charge in [0.25, 0.3) is 5.91 Å². The molecule has 3 heterocycles. The second-order valence-corrected chi connectivity index (χ2v) is 11.3. The molecule has 1 aromatic heterocycles. The lowest BCUT2D eigenvalue weighted by molar-refractivity contribution is -0.133. The quantitative estimate of drug-likeness (QED) is 0.237. The van der Waals surface area contributed by atoms with Crippen LogP contribution in [0.15, 0.2) is 76.1 Å². The third kappa shape index (κ3) is 6.49. The summed E-state index contributed by atoms with van der Waals surface area (Å²) < 4.78 is 22.5. The maximum atomic E-state index is 14.1. The summed E-state index contributed by atoms with van der Waals surface area (Å²) in [5.74, 6) is 0.430. The van der Waals surface area contributed by atoms with Crippen molar-refractivity contribution < 1.29 is 28.2 Å². The van der Waals surface area contributed by atoms with Crippen LogP contribution in [-0.4, -0.2) is 54.2 Å². The lowest BCUT2D eigenvalue weighted by Gasteiger charge is -2.29. The van der Waals surface area contributed by atoms with Crippen molar-refractivity contribution in [1.82, 2.24) is 9.80 Å². The minimum absolute atomic E-state index is 0.0634. The molecule has 1 fully saturated rings. The Hall–Kier alpha value is -4.05. The van der Waals surface area contributed by atoms with Crippen LogP contribution >= 0.6 is 23.2 Å². The molecule has 0 spiro atoms. The lowest BCUT2D eigenvalue weighted by atomic mass is 10.1. The monoisotopic (exact) mass is 622 g/mol. The van der Waals surface area contributed by atoms with Crippen molar-refractivity contribution >= 4 is 46.0 Å². The summed E-state index contributed by atoms with van der Waals surface area (Å²) in [6.45, 7) is 0.765. The fourth-order valence-electron chi connectivity index (χ4n) is 5.27. The van der Waals surface area contributed by atoms with E-state index in [0.717, 1.165) is 18.4 Å². The predicted octanol–water partition coefficient (Wildman–Crippen LogP) is 5.68. The van der Waals surface area contributed by atoms with Crippen molar-refractivity contribution in [2.24, 2.45) is 0 Å². The van der Waals surface area contributed by atoms with Crippen LogP contribution in [0.3, 0.4) is 0 Å². The maximum Gasteiger partial charge on any atom is 0.255 e. The highest BCUT2D eigenvalue weighted by Crippen LogP contribution is 2.33. The number of fused-ring (bicyclic) bond motifs is 2. The van der Waals surface area contributed by atoms with Crippen LogP contribution in [0.2, 0.25) is 10.0 Å². The Labute approximate surface area is 257 Å². The Morgan fingerprint density at radius 2 is 1.77 bits per heavy atom. The van der Waals surface area contributed by atoms with Gasteiger partial charge in [-0.2, -0.15) is 0 Å². The van der Waals surface area contributed by atoms with E-state index in [1.54, 1.807) is 54.6 Å². The van der Waals surface area contributed by atoms with Gasteiger partial charge in [-0.25, -0.2) is 0 Å².